The van der Waals surface area contributed by atoms with Crippen LogP contribution in [0.5, 0.6) is 11.6 Å². The number of fused-ring (bicyclic) bond motifs is 1. The van der Waals surface area contributed by atoms with E-state index in [9.17, 15) is 0 Å². The molecule has 0 spiro atoms. The second kappa shape index (κ2) is 5.62. The van der Waals surface area contributed by atoms with Crippen LogP contribution in [0.3, 0.4) is 0 Å². The van der Waals surface area contributed by atoms with E-state index in [0.29, 0.717) is 11.8 Å². The first-order chi connectivity index (χ1) is 9.35. The Hall–Kier alpha value is -1.54. The predicted octanol–water partition coefficient (Wildman–Crippen LogP) is 4.49. The molecule has 19 heavy (non-hydrogen) atoms. The van der Waals surface area contributed by atoms with Crippen molar-refractivity contribution in [1.82, 2.24) is 4.98 Å². The minimum absolute atomic E-state index is 0.475. The number of ether oxygens (including phenoxy) is 1. The van der Waals surface area contributed by atoms with E-state index in [1.165, 1.54) is 30.4 Å². The zero-order valence-electron chi connectivity index (χ0n) is 10.7. The Kier molecular flexibility index (Phi) is 3.69. The van der Waals surface area contributed by atoms with Gasteiger partial charge in [0.15, 0.2) is 0 Å². The maximum atomic E-state index is 5.82. The van der Waals surface area contributed by atoms with Crippen molar-refractivity contribution >= 4 is 11.6 Å². The smallest absolute Gasteiger partial charge is 0.219 e. The van der Waals surface area contributed by atoms with Gasteiger partial charge in [0.2, 0.25) is 5.88 Å². The molecule has 1 heterocycles. The summed E-state index contributed by atoms with van der Waals surface area (Å²) in [5.74, 6) is 1.94. The molecular formula is C16H16ClNO. The minimum Gasteiger partial charge on any atom is -0.439 e. The van der Waals surface area contributed by atoms with Crippen molar-refractivity contribution in [2.45, 2.75) is 31.6 Å². The van der Waals surface area contributed by atoms with Crippen LogP contribution >= 0.6 is 11.6 Å². The fourth-order valence-electron chi connectivity index (χ4n) is 2.48. The monoisotopic (exact) mass is 273 g/mol. The van der Waals surface area contributed by atoms with E-state index in [2.05, 4.69) is 17.1 Å². The third kappa shape index (κ3) is 2.90. The SMILES string of the molecule is ClCc1ccnc(Oc2ccc3c(c2)CCCC3)c1. The van der Waals surface area contributed by atoms with Crippen LogP contribution in [0.15, 0.2) is 36.5 Å². The van der Waals surface area contributed by atoms with Gasteiger partial charge in [0, 0.05) is 18.1 Å². The average Bonchev–Trinajstić information content (AvgIpc) is 2.47. The van der Waals surface area contributed by atoms with Crippen molar-refractivity contribution in [3.63, 3.8) is 0 Å². The fraction of sp³-hybridized carbons (Fsp3) is 0.312. The maximum Gasteiger partial charge on any atom is 0.219 e. The number of aromatic nitrogens is 1. The van der Waals surface area contributed by atoms with E-state index in [0.717, 1.165) is 17.7 Å². The molecular weight excluding hydrogens is 258 g/mol. The highest BCUT2D eigenvalue weighted by molar-refractivity contribution is 6.17. The molecule has 0 bridgehead atoms. The van der Waals surface area contributed by atoms with Gasteiger partial charge in [-0.3, -0.25) is 0 Å². The van der Waals surface area contributed by atoms with Crippen LogP contribution in [0.25, 0.3) is 0 Å². The summed E-state index contributed by atoms with van der Waals surface area (Å²) in [6, 6.07) is 10.1. The number of benzene rings is 1. The summed E-state index contributed by atoms with van der Waals surface area (Å²) >= 11 is 5.81. The van der Waals surface area contributed by atoms with Gasteiger partial charge < -0.3 is 4.74 Å². The Morgan fingerprint density at radius 1 is 1.05 bits per heavy atom. The van der Waals surface area contributed by atoms with E-state index in [4.69, 9.17) is 16.3 Å². The number of nitrogens with zero attached hydrogens (tertiary/aromatic N) is 1. The minimum atomic E-state index is 0.475. The summed E-state index contributed by atoms with van der Waals surface area (Å²) in [6.45, 7) is 0. The van der Waals surface area contributed by atoms with Crippen LogP contribution in [0.2, 0.25) is 0 Å². The van der Waals surface area contributed by atoms with E-state index in [1.54, 1.807) is 6.20 Å². The Bertz CT molecular complexity index is 583. The van der Waals surface area contributed by atoms with E-state index >= 15 is 0 Å². The van der Waals surface area contributed by atoms with Gasteiger partial charge in [-0.15, -0.1) is 11.6 Å². The van der Waals surface area contributed by atoms with E-state index in [-0.39, 0.29) is 0 Å². The molecule has 2 nitrogen and oxygen atoms in total. The summed E-state index contributed by atoms with van der Waals surface area (Å²) < 4.78 is 5.82. The number of aryl methyl sites for hydroxylation is 2. The molecule has 1 aliphatic rings. The van der Waals surface area contributed by atoms with Crippen LogP contribution in [-0.2, 0) is 18.7 Å². The molecule has 0 aliphatic heterocycles. The molecule has 0 amide bonds. The molecule has 0 atom stereocenters. The first-order valence-corrected chi connectivity index (χ1v) is 7.19. The molecule has 0 radical (unpaired) electrons. The molecule has 1 aromatic carbocycles. The summed E-state index contributed by atoms with van der Waals surface area (Å²) in [7, 11) is 0. The lowest BCUT2D eigenvalue weighted by Crippen LogP contribution is -2.02. The third-order valence-electron chi connectivity index (χ3n) is 3.50. The second-order valence-electron chi connectivity index (χ2n) is 4.88. The second-order valence-corrected chi connectivity index (χ2v) is 5.14. The standard InChI is InChI=1S/C16H16ClNO/c17-11-12-7-8-18-16(9-12)19-15-6-5-13-3-1-2-4-14(13)10-15/h5-10H,1-4,11H2. The molecule has 0 unspecified atom stereocenters. The highest BCUT2D eigenvalue weighted by Crippen LogP contribution is 2.27. The summed E-state index contributed by atoms with van der Waals surface area (Å²) in [4.78, 5) is 4.21. The van der Waals surface area contributed by atoms with Gasteiger partial charge >= 0.3 is 0 Å². The number of hydrogen-bond donors (Lipinski definition) is 0. The van der Waals surface area contributed by atoms with Gasteiger partial charge in [-0.05, 0) is 60.6 Å². The Labute approximate surface area is 118 Å². The van der Waals surface area contributed by atoms with Gasteiger partial charge in [-0.1, -0.05) is 6.07 Å². The van der Waals surface area contributed by atoms with Crippen molar-refractivity contribution in [1.29, 1.82) is 0 Å². The molecule has 0 saturated heterocycles. The van der Waals surface area contributed by atoms with Crippen LogP contribution in [0, 0.1) is 0 Å². The number of halogens is 1. The first-order valence-electron chi connectivity index (χ1n) is 6.66. The van der Waals surface area contributed by atoms with Crippen molar-refractivity contribution < 1.29 is 4.74 Å². The number of rotatable bonds is 3. The first kappa shape index (κ1) is 12.5. The van der Waals surface area contributed by atoms with Gasteiger partial charge in [0.25, 0.3) is 0 Å². The van der Waals surface area contributed by atoms with Crippen LogP contribution in [-0.4, -0.2) is 4.98 Å². The van der Waals surface area contributed by atoms with Crippen molar-refractivity contribution in [2.75, 3.05) is 0 Å². The summed E-state index contributed by atoms with van der Waals surface area (Å²) in [6.07, 6.45) is 6.64. The van der Waals surface area contributed by atoms with Gasteiger partial charge in [0.1, 0.15) is 5.75 Å². The van der Waals surface area contributed by atoms with Crippen LogP contribution in [0.4, 0.5) is 0 Å². The van der Waals surface area contributed by atoms with Gasteiger partial charge in [-0.25, -0.2) is 4.98 Å². The molecule has 1 aliphatic carbocycles. The molecule has 0 N–H and O–H groups in total. The zero-order valence-corrected chi connectivity index (χ0v) is 11.5. The van der Waals surface area contributed by atoms with Crippen LogP contribution < -0.4 is 4.74 Å². The summed E-state index contributed by atoms with van der Waals surface area (Å²) in [5.41, 5.74) is 3.89. The number of alkyl halides is 1. The molecule has 2 aromatic rings. The number of hydrogen-bond acceptors (Lipinski definition) is 2. The van der Waals surface area contributed by atoms with E-state index in [1.807, 2.05) is 18.2 Å². The quantitative estimate of drug-likeness (QED) is 0.769. The number of pyridine rings is 1. The summed E-state index contributed by atoms with van der Waals surface area (Å²) in [5, 5.41) is 0. The molecule has 98 valence electrons. The highest BCUT2D eigenvalue weighted by atomic mass is 35.5. The van der Waals surface area contributed by atoms with Crippen molar-refractivity contribution in [2.24, 2.45) is 0 Å². The highest BCUT2D eigenvalue weighted by Gasteiger charge is 2.10. The Balaban J connectivity index is 1.82. The molecule has 0 saturated carbocycles. The third-order valence-corrected chi connectivity index (χ3v) is 3.80. The molecule has 3 heteroatoms. The van der Waals surface area contributed by atoms with Crippen molar-refractivity contribution in [3.8, 4) is 11.6 Å². The molecule has 3 rings (SSSR count). The predicted molar refractivity (Wildman–Crippen MR) is 77.0 cm³/mol. The molecule has 0 fully saturated rings. The normalized spacial score (nSPS) is 13.9. The average molecular weight is 274 g/mol. The Morgan fingerprint density at radius 3 is 2.74 bits per heavy atom. The lowest BCUT2D eigenvalue weighted by molar-refractivity contribution is 0.461. The van der Waals surface area contributed by atoms with Crippen LogP contribution in [0.1, 0.15) is 29.5 Å². The lowest BCUT2D eigenvalue weighted by Gasteiger charge is -2.16. The molecule has 1 aromatic heterocycles. The zero-order chi connectivity index (χ0) is 13.1. The fourth-order valence-corrected chi connectivity index (χ4v) is 2.65. The maximum absolute atomic E-state index is 5.82. The van der Waals surface area contributed by atoms with Gasteiger partial charge in [-0.2, -0.15) is 0 Å². The Morgan fingerprint density at radius 2 is 1.89 bits per heavy atom. The van der Waals surface area contributed by atoms with Crippen molar-refractivity contribution in [3.05, 3.63) is 53.2 Å². The van der Waals surface area contributed by atoms with E-state index < -0.39 is 0 Å². The topological polar surface area (TPSA) is 22.1 Å². The van der Waals surface area contributed by atoms with Gasteiger partial charge in [0.05, 0.1) is 0 Å². The lowest BCUT2D eigenvalue weighted by atomic mass is 9.92. The largest absolute Gasteiger partial charge is 0.439 e.